The number of sulfone groups is 1. The molecule has 1 saturated heterocycles. The first-order valence-electron chi connectivity index (χ1n) is 7.71. The van der Waals surface area contributed by atoms with Crippen molar-refractivity contribution in [2.75, 3.05) is 24.2 Å². The van der Waals surface area contributed by atoms with Crippen molar-refractivity contribution in [2.45, 2.75) is 30.6 Å². The van der Waals surface area contributed by atoms with Crippen LogP contribution in [0, 0.1) is 16.0 Å². The van der Waals surface area contributed by atoms with E-state index in [4.69, 9.17) is 5.73 Å². The van der Waals surface area contributed by atoms with Crippen LogP contribution in [0.1, 0.15) is 25.7 Å². The molecule has 0 radical (unpaired) electrons. The highest BCUT2D eigenvalue weighted by Gasteiger charge is 2.31. The number of amides is 1. The molecule has 1 atom stereocenters. The monoisotopic (exact) mass is 355 g/mol. The van der Waals surface area contributed by atoms with E-state index in [2.05, 4.69) is 0 Å². The maximum atomic E-state index is 11.9. The average molecular weight is 355 g/mol. The van der Waals surface area contributed by atoms with E-state index in [1.165, 1.54) is 12.1 Å². The standard InChI is InChI=1S/C15H21N3O5S/c1-24(22,23)13-6-2-5-12(15(13)18(20)21)17-9-3-4-11(10-17)7-8-14(16)19/h2,5-6,11H,3-4,7-10H2,1H3,(H2,16,19). The van der Waals surface area contributed by atoms with Gasteiger partial charge in [-0.25, -0.2) is 8.42 Å². The fourth-order valence-electron chi connectivity index (χ4n) is 3.11. The smallest absolute Gasteiger partial charge is 0.311 e. The van der Waals surface area contributed by atoms with Crippen molar-refractivity contribution in [2.24, 2.45) is 11.7 Å². The number of hydrogen-bond donors (Lipinski definition) is 1. The number of nitro groups is 1. The second-order valence-electron chi connectivity index (χ2n) is 6.11. The molecule has 0 aliphatic carbocycles. The molecule has 1 amide bonds. The van der Waals surface area contributed by atoms with E-state index in [-0.39, 0.29) is 28.8 Å². The molecule has 1 unspecified atom stereocenters. The molecule has 0 aromatic heterocycles. The number of carbonyl (C=O) groups excluding carboxylic acids is 1. The molecule has 1 aliphatic rings. The molecule has 132 valence electrons. The summed E-state index contributed by atoms with van der Waals surface area (Å²) in [7, 11) is -3.70. The van der Waals surface area contributed by atoms with Gasteiger partial charge < -0.3 is 10.6 Å². The lowest BCUT2D eigenvalue weighted by Gasteiger charge is -2.34. The van der Waals surface area contributed by atoms with Gasteiger partial charge in [0.25, 0.3) is 0 Å². The van der Waals surface area contributed by atoms with E-state index in [1.54, 1.807) is 6.07 Å². The minimum absolute atomic E-state index is 0.202. The molecule has 1 fully saturated rings. The van der Waals surface area contributed by atoms with Gasteiger partial charge in [-0.2, -0.15) is 0 Å². The molecule has 0 spiro atoms. The summed E-state index contributed by atoms with van der Waals surface area (Å²) in [6, 6.07) is 4.35. The van der Waals surface area contributed by atoms with Gasteiger partial charge in [0.1, 0.15) is 10.6 Å². The Morgan fingerprint density at radius 3 is 2.75 bits per heavy atom. The second kappa shape index (κ2) is 7.16. The van der Waals surface area contributed by atoms with Gasteiger partial charge in [0, 0.05) is 25.8 Å². The van der Waals surface area contributed by atoms with Crippen LogP contribution in [0.25, 0.3) is 0 Å². The predicted molar refractivity (Wildman–Crippen MR) is 89.6 cm³/mol. The summed E-state index contributed by atoms with van der Waals surface area (Å²) in [5.74, 6) is -0.162. The SMILES string of the molecule is CS(=O)(=O)c1cccc(N2CCCC(CCC(N)=O)C2)c1[N+](=O)[O-]. The normalized spacial score (nSPS) is 18.4. The molecule has 1 aromatic carbocycles. The third kappa shape index (κ3) is 4.22. The van der Waals surface area contributed by atoms with Crippen molar-refractivity contribution in [3.05, 3.63) is 28.3 Å². The third-order valence-corrected chi connectivity index (χ3v) is 5.35. The highest BCUT2D eigenvalue weighted by molar-refractivity contribution is 7.90. The fraction of sp³-hybridized carbons (Fsp3) is 0.533. The van der Waals surface area contributed by atoms with Crippen molar-refractivity contribution in [1.82, 2.24) is 0 Å². The number of rotatable bonds is 6. The molecule has 8 nitrogen and oxygen atoms in total. The molecule has 2 rings (SSSR count). The Balaban J connectivity index is 2.34. The van der Waals surface area contributed by atoms with Gasteiger partial charge in [0.05, 0.1) is 4.92 Å². The second-order valence-corrected chi connectivity index (χ2v) is 8.10. The maximum absolute atomic E-state index is 11.9. The number of benzene rings is 1. The number of nitro benzene ring substituents is 1. The Kier molecular flexibility index (Phi) is 5.43. The summed E-state index contributed by atoms with van der Waals surface area (Å²) in [5, 5.41) is 11.5. The molecule has 0 bridgehead atoms. The third-order valence-electron chi connectivity index (χ3n) is 4.22. The number of para-hydroxylation sites is 1. The van der Waals surface area contributed by atoms with Gasteiger partial charge in [-0.3, -0.25) is 14.9 Å². The Morgan fingerprint density at radius 1 is 1.46 bits per heavy atom. The number of nitrogens with zero attached hydrogens (tertiary/aromatic N) is 2. The first-order chi connectivity index (χ1) is 11.2. The number of hydrogen-bond acceptors (Lipinski definition) is 6. The van der Waals surface area contributed by atoms with Crippen molar-refractivity contribution < 1.29 is 18.1 Å². The minimum atomic E-state index is -3.70. The van der Waals surface area contributed by atoms with Crippen LogP contribution in [0.5, 0.6) is 0 Å². The quantitative estimate of drug-likeness (QED) is 0.609. The Bertz CT molecular complexity index is 747. The first kappa shape index (κ1) is 18.2. The van der Waals surface area contributed by atoms with Crippen molar-refractivity contribution in [3.8, 4) is 0 Å². The topological polar surface area (TPSA) is 124 Å². The molecular weight excluding hydrogens is 334 g/mol. The number of primary amides is 1. The summed E-state index contributed by atoms with van der Waals surface area (Å²) in [4.78, 5) is 23.3. The lowest BCUT2D eigenvalue weighted by molar-refractivity contribution is -0.387. The van der Waals surface area contributed by atoms with Gasteiger partial charge in [-0.15, -0.1) is 0 Å². The molecule has 1 aromatic rings. The van der Waals surface area contributed by atoms with Crippen LogP contribution < -0.4 is 10.6 Å². The van der Waals surface area contributed by atoms with Gasteiger partial charge >= 0.3 is 5.69 Å². The van der Waals surface area contributed by atoms with Crippen LogP contribution in [-0.4, -0.2) is 38.6 Å². The van der Waals surface area contributed by atoms with Gasteiger partial charge in [-0.1, -0.05) is 6.07 Å². The Morgan fingerprint density at radius 2 is 2.17 bits per heavy atom. The van der Waals surface area contributed by atoms with Crippen LogP contribution >= 0.6 is 0 Å². The van der Waals surface area contributed by atoms with Crippen LogP contribution in [-0.2, 0) is 14.6 Å². The van der Waals surface area contributed by atoms with E-state index >= 15 is 0 Å². The van der Waals surface area contributed by atoms with E-state index in [0.717, 1.165) is 19.1 Å². The first-order valence-corrected chi connectivity index (χ1v) is 9.60. The molecule has 24 heavy (non-hydrogen) atoms. The average Bonchev–Trinajstić information content (AvgIpc) is 2.51. The molecule has 1 heterocycles. The largest absolute Gasteiger partial charge is 0.370 e. The summed E-state index contributed by atoms with van der Waals surface area (Å²) >= 11 is 0. The van der Waals surface area contributed by atoms with Crippen LogP contribution in [0.3, 0.4) is 0 Å². The lowest BCUT2D eigenvalue weighted by atomic mass is 9.93. The molecule has 9 heteroatoms. The fourth-order valence-corrected chi connectivity index (χ4v) is 3.97. The number of nitrogens with two attached hydrogens (primary N) is 1. The molecule has 0 saturated carbocycles. The van der Waals surface area contributed by atoms with Crippen molar-refractivity contribution in [3.63, 3.8) is 0 Å². The summed E-state index contributed by atoms with van der Waals surface area (Å²) in [6.07, 6.45) is 3.62. The summed E-state index contributed by atoms with van der Waals surface area (Å²) in [6.45, 7) is 1.16. The molecule has 1 aliphatic heterocycles. The highest BCUT2D eigenvalue weighted by Crippen LogP contribution is 2.37. The van der Waals surface area contributed by atoms with Crippen molar-refractivity contribution >= 4 is 27.1 Å². The van der Waals surface area contributed by atoms with E-state index in [9.17, 15) is 23.3 Å². The zero-order chi connectivity index (χ0) is 17.9. The van der Waals surface area contributed by atoms with Crippen LogP contribution in [0.15, 0.2) is 23.1 Å². The number of piperidine rings is 1. The van der Waals surface area contributed by atoms with Crippen LogP contribution in [0.2, 0.25) is 0 Å². The number of carbonyl (C=O) groups is 1. The highest BCUT2D eigenvalue weighted by atomic mass is 32.2. The van der Waals surface area contributed by atoms with Crippen molar-refractivity contribution in [1.29, 1.82) is 0 Å². The number of anilines is 1. The van der Waals surface area contributed by atoms with E-state index < -0.39 is 14.8 Å². The molecular formula is C15H21N3O5S. The zero-order valence-corrected chi connectivity index (χ0v) is 14.3. The molecule has 2 N–H and O–H groups in total. The van der Waals surface area contributed by atoms with E-state index in [1.807, 2.05) is 4.90 Å². The lowest BCUT2D eigenvalue weighted by Crippen LogP contribution is -2.36. The van der Waals surface area contributed by atoms with Gasteiger partial charge in [-0.05, 0) is 37.3 Å². The summed E-state index contributed by atoms with van der Waals surface area (Å²) < 4.78 is 23.7. The van der Waals surface area contributed by atoms with E-state index in [0.29, 0.717) is 25.2 Å². The maximum Gasteiger partial charge on any atom is 0.311 e. The van der Waals surface area contributed by atoms with Gasteiger partial charge in [0.15, 0.2) is 9.84 Å². The predicted octanol–water partition coefficient (Wildman–Crippen LogP) is 1.48. The Hall–Kier alpha value is -2.16. The minimum Gasteiger partial charge on any atom is -0.370 e. The zero-order valence-electron chi connectivity index (χ0n) is 13.5. The van der Waals surface area contributed by atoms with Gasteiger partial charge in [0.2, 0.25) is 5.91 Å². The summed E-state index contributed by atoms with van der Waals surface area (Å²) in [5.41, 5.74) is 5.11. The van der Waals surface area contributed by atoms with Crippen LogP contribution in [0.4, 0.5) is 11.4 Å². The Labute approximate surface area is 140 Å².